The lowest BCUT2D eigenvalue weighted by Crippen LogP contribution is -2.14. The van der Waals surface area contributed by atoms with Gasteiger partial charge in [-0.05, 0) is 24.1 Å². The Morgan fingerprint density at radius 2 is 2.06 bits per heavy atom. The fraction of sp³-hybridized carbons (Fsp3) is 0.357. The van der Waals surface area contributed by atoms with Gasteiger partial charge in [0.1, 0.15) is 0 Å². The van der Waals surface area contributed by atoms with Crippen LogP contribution in [0.15, 0.2) is 30.8 Å². The minimum Gasteiger partial charge on any atom is -0.449 e. The lowest BCUT2D eigenvalue weighted by molar-refractivity contribution is 0.159. The SMILES string of the molecule is C=Cc1ccc(NC(=O)OCCCCC)cc1. The third-order valence-electron chi connectivity index (χ3n) is 2.37. The van der Waals surface area contributed by atoms with Crippen molar-refractivity contribution in [1.82, 2.24) is 0 Å². The van der Waals surface area contributed by atoms with Crippen LogP contribution in [0.5, 0.6) is 0 Å². The number of amides is 1. The van der Waals surface area contributed by atoms with Crippen molar-refractivity contribution in [2.45, 2.75) is 26.2 Å². The van der Waals surface area contributed by atoms with Crippen LogP contribution in [0.4, 0.5) is 10.5 Å². The first-order valence-electron chi connectivity index (χ1n) is 5.92. The second kappa shape index (κ2) is 7.49. The Bertz CT molecular complexity index is 357. The molecule has 0 unspecified atom stereocenters. The maximum absolute atomic E-state index is 11.4. The summed E-state index contributed by atoms with van der Waals surface area (Å²) in [5, 5.41) is 2.67. The number of rotatable bonds is 6. The zero-order chi connectivity index (χ0) is 12.5. The van der Waals surface area contributed by atoms with E-state index in [-0.39, 0.29) is 0 Å². The molecule has 0 saturated carbocycles. The van der Waals surface area contributed by atoms with Gasteiger partial charge >= 0.3 is 6.09 Å². The van der Waals surface area contributed by atoms with Crippen LogP contribution in [0.3, 0.4) is 0 Å². The Morgan fingerprint density at radius 3 is 2.65 bits per heavy atom. The average Bonchev–Trinajstić information content (AvgIpc) is 2.36. The highest BCUT2D eigenvalue weighted by molar-refractivity contribution is 5.84. The third-order valence-corrected chi connectivity index (χ3v) is 2.37. The molecule has 0 bridgehead atoms. The molecule has 3 heteroatoms. The molecule has 3 nitrogen and oxygen atoms in total. The van der Waals surface area contributed by atoms with Crippen LogP contribution < -0.4 is 5.32 Å². The summed E-state index contributed by atoms with van der Waals surface area (Å²) in [5.74, 6) is 0. The van der Waals surface area contributed by atoms with Gasteiger partial charge in [-0.25, -0.2) is 4.79 Å². The fourth-order valence-electron chi connectivity index (χ4n) is 1.37. The van der Waals surface area contributed by atoms with Gasteiger partial charge in [-0.2, -0.15) is 0 Å². The van der Waals surface area contributed by atoms with Crippen LogP contribution in [0.2, 0.25) is 0 Å². The van der Waals surface area contributed by atoms with Crippen molar-refractivity contribution in [2.75, 3.05) is 11.9 Å². The zero-order valence-corrected chi connectivity index (χ0v) is 10.2. The van der Waals surface area contributed by atoms with E-state index in [0.29, 0.717) is 6.61 Å². The maximum atomic E-state index is 11.4. The quantitative estimate of drug-likeness (QED) is 0.752. The Labute approximate surface area is 102 Å². The monoisotopic (exact) mass is 233 g/mol. The Kier molecular flexibility index (Phi) is 5.86. The highest BCUT2D eigenvalue weighted by atomic mass is 16.5. The Hall–Kier alpha value is -1.77. The lowest BCUT2D eigenvalue weighted by atomic mass is 10.2. The smallest absolute Gasteiger partial charge is 0.411 e. The summed E-state index contributed by atoms with van der Waals surface area (Å²) in [6, 6.07) is 7.42. The normalized spacial score (nSPS) is 9.71. The standard InChI is InChI=1S/C14H19NO2/c1-3-5-6-11-17-14(16)15-13-9-7-12(4-2)8-10-13/h4,7-10H,2-3,5-6,11H2,1H3,(H,15,16). The zero-order valence-electron chi connectivity index (χ0n) is 10.2. The summed E-state index contributed by atoms with van der Waals surface area (Å²) in [7, 11) is 0. The molecular formula is C14H19NO2. The molecule has 0 heterocycles. The van der Waals surface area contributed by atoms with Gasteiger partial charge in [0.25, 0.3) is 0 Å². The molecule has 0 saturated heterocycles. The number of carbonyl (C=O) groups is 1. The molecule has 1 rings (SSSR count). The van der Waals surface area contributed by atoms with E-state index in [2.05, 4.69) is 18.8 Å². The van der Waals surface area contributed by atoms with Crippen LogP contribution >= 0.6 is 0 Å². The molecule has 0 aliphatic heterocycles. The molecule has 0 spiro atoms. The Balaban J connectivity index is 2.32. The summed E-state index contributed by atoms with van der Waals surface area (Å²) in [6.45, 7) is 6.26. The first-order chi connectivity index (χ1) is 8.26. The minimum atomic E-state index is -0.396. The summed E-state index contributed by atoms with van der Waals surface area (Å²) in [4.78, 5) is 11.4. The highest BCUT2D eigenvalue weighted by Gasteiger charge is 2.02. The highest BCUT2D eigenvalue weighted by Crippen LogP contribution is 2.10. The molecule has 1 aromatic rings. The van der Waals surface area contributed by atoms with Crippen molar-refractivity contribution in [3.8, 4) is 0 Å². The molecule has 1 amide bonds. The molecule has 0 atom stereocenters. The summed E-state index contributed by atoms with van der Waals surface area (Å²) in [6.07, 6.45) is 4.48. The molecule has 0 radical (unpaired) electrons. The molecule has 1 N–H and O–H groups in total. The van der Waals surface area contributed by atoms with E-state index in [9.17, 15) is 4.79 Å². The number of ether oxygens (including phenoxy) is 1. The minimum absolute atomic E-state index is 0.396. The number of nitrogens with one attached hydrogen (secondary N) is 1. The topological polar surface area (TPSA) is 38.3 Å². The summed E-state index contributed by atoms with van der Waals surface area (Å²) >= 11 is 0. The van der Waals surface area contributed by atoms with E-state index >= 15 is 0 Å². The predicted molar refractivity (Wildman–Crippen MR) is 71.0 cm³/mol. The largest absolute Gasteiger partial charge is 0.449 e. The molecule has 0 aliphatic rings. The van der Waals surface area contributed by atoms with Crippen molar-refractivity contribution < 1.29 is 9.53 Å². The van der Waals surface area contributed by atoms with Crippen LogP contribution in [0, 0.1) is 0 Å². The molecule has 1 aromatic carbocycles. The van der Waals surface area contributed by atoms with E-state index in [1.165, 1.54) is 0 Å². The first kappa shape index (κ1) is 13.3. The molecule has 0 fully saturated rings. The third kappa shape index (κ3) is 5.20. The average molecular weight is 233 g/mol. The molecular weight excluding hydrogens is 214 g/mol. The first-order valence-corrected chi connectivity index (χ1v) is 5.92. The summed E-state index contributed by atoms with van der Waals surface area (Å²) < 4.78 is 5.03. The van der Waals surface area contributed by atoms with E-state index in [1.54, 1.807) is 6.08 Å². The molecule has 0 aromatic heterocycles. The second-order valence-corrected chi connectivity index (χ2v) is 3.79. The Morgan fingerprint density at radius 1 is 1.35 bits per heavy atom. The van der Waals surface area contributed by atoms with Crippen molar-refractivity contribution in [2.24, 2.45) is 0 Å². The van der Waals surface area contributed by atoms with Crippen molar-refractivity contribution in [3.05, 3.63) is 36.4 Å². The second-order valence-electron chi connectivity index (χ2n) is 3.79. The number of hydrogen-bond donors (Lipinski definition) is 1. The van der Waals surface area contributed by atoms with Gasteiger partial charge in [0.2, 0.25) is 0 Å². The van der Waals surface area contributed by atoms with Crippen LogP contribution in [-0.2, 0) is 4.74 Å². The molecule has 0 aliphatic carbocycles. The maximum Gasteiger partial charge on any atom is 0.411 e. The number of carbonyl (C=O) groups excluding carboxylic acids is 1. The van der Waals surface area contributed by atoms with Crippen LogP contribution in [0.25, 0.3) is 6.08 Å². The van der Waals surface area contributed by atoms with Crippen LogP contribution in [0.1, 0.15) is 31.7 Å². The van der Waals surface area contributed by atoms with E-state index in [0.717, 1.165) is 30.5 Å². The van der Waals surface area contributed by atoms with Gasteiger partial charge < -0.3 is 4.74 Å². The van der Waals surface area contributed by atoms with E-state index in [1.807, 2.05) is 24.3 Å². The number of hydrogen-bond acceptors (Lipinski definition) is 2. The van der Waals surface area contributed by atoms with E-state index in [4.69, 9.17) is 4.74 Å². The number of unbranched alkanes of at least 4 members (excludes halogenated alkanes) is 2. The number of benzene rings is 1. The van der Waals surface area contributed by atoms with Gasteiger partial charge in [-0.1, -0.05) is 44.6 Å². The van der Waals surface area contributed by atoms with E-state index < -0.39 is 6.09 Å². The fourth-order valence-corrected chi connectivity index (χ4v) is 1.37. The van der Waals surface area contributed by atoms with Gasteiger partial charge in [0.05, 0.1) is 6.61 Å². The lowest BCUT2D eigenvalue weighted by Gasteiger charge is -2.06. The van der Waals surface area contributed by atoms with Crippen molar-refractivity contribution >= 4 is 17.9 Å². The number of anilines is 1. The van der Waals surface area contributed by atoms with Crippen molar-refractivity contribution in [1.29, 1.82) is 0 Å². The summed E-state index contributed by atoms with van der Waals surface area (Å²) in [5.41, 5.74) is 1.75. The van der Waals surface area contributed by atoms with Crippen molar-refractivity contribution in [3.63, 3.8) is 0 Å². The van der Waals surface area contributed by atoms with Gasteiger partial charge in [0.15, 0.2) is 0 Å². The molecule has 17 heavy (non-hydrogen) atoms. The predicted octanol–water partition coefficient (Wildman–Crippen LogP) is 4.07. The van der Waals surface area contributed by atoms with Gasteiger partial charge in [-0.3, -0.25) is 5.32 Å². The molecule has 92 valence electrons. The van der Waals surface area contributed by atoms with Crippen LogP contribution in [-0.4, -0.2) is 12.7 Å². The van der Waals surface area contributed by atoms with Gasteiger partial charge in [0, 0.05) is 5.69 Å². The van der Waals surface area contributed by atoms with Gasteiger partial charge in [-0.15, -0.1) is 0 Å².